The Morgan fingerprint density at radius 1 is 1.61 bits per heavy atom. The number of aryl methyl sites for hydroxylation is 1. The monoisotopic (exact) mass is 316 g/mol. The first-order valence-corrected chi connectivity index (χ1v) is 7.13. The lowest BCUT2D eigenvalue weighted by atomic mass is 10.1. The Balaban J connectivity index is 2.22. The molecule has 0 amide bonds. The standard InChI is InChI=1S/C12H21BrN4O/c1-4-14-11(10-8-16(2)5-6-18-10)12-9(13)7-15-17(12)3/h7,10-11,14H,4-6,8H2,1-3H3. The van der Waals surface area contributed by atoms with Gasteiger partial charge in [-0.1, -0.05) is 6.92 Å². The van der Waals surface area contributed by atoms with Gasteiger partial charge in [0.2, 0.25) is 0 Å². The Hall–Kier alpha value is -0.430. The Kier molecular flexibility index (Phi) is 4.77. The van der Waals surface area contributed by atoms with Crippen LogP contribution in [-0.2, 0) is 11.8 Å². The van der Waals surface area contributed by atoms with Gasteiger partial charge in [-0.2, -0.15) is 5.10 Å². The van der Waals surface area contributed by atoms with Crippen LogP contribution in [0.3, 0.4) is 0 Å². The zero-order valence-corrected chi connectivity index (χ0v) is 12.8. The minimum Gasteiger partial charge on any atom is -0.374 e. The van der Waals surface area contributed by atoms with Crippen LogP contribution in [0.5, 0.6) is 0 Å². The van der Waals surface area contributed by atoms with Gasteiger partial charge in [0, 0.05) is 20.1 Å². The molecule has 2 rings (SSSR count). The molecule has 18 heavy (non-hydrogen) atoms. The van der Waals surface area contributed by atoms with E-state index in [1.165, 1.54) is 0 Å². The molecular weight excluding hydrogens is 296 g/mol. The summed E-state index contributed by atoms with van der Waals surface area (Å²) in [5.41, 5.74) is 1.15. The molecule has 0 saturated carbocycles. The van der Waals surface area contributed by atoms with Crippen LogP contribution in [0.4, 0.5) is 0 Å². The highest BCUT2D eigenvalue weighted by Gasteiger charge is 2.30. The lowest BCUT2D eigenvalue weighted by molar-refractivity contribution is -0.0404. The van der Waals surface area contributed by atoms with Crippen molar-refractivity contribution in [3.05, 3.63) is 16.4 Å². The average Bonchev–Trinajstić information content (AvgIpc) is 2.67. The maximum absolute atomic E-state index is 5.93. The predicted molar refractivity (Wildman–Crippen MR) is 74.6 cm³/mol. The van der Waals surface area contributed by atoms with E-state index in [2.05, 4.69) is 45.2 Å². The van der Waals surface area contributed by atoms with Gasteiger partial charge < -0.3 is 15.0 Å². The van der Waals surface area contributed by atoms with Crippen LogP contribution >= 0.6 is 15.9 Å². The van der Waals surface area contributed by atoms with Crippen molar-refractivity contribution < 1.29 is 4.74 Å². The molecule has 1 saturated heterocycles. The van der Waals surface area contributed by atoms with Gasteiger partial charge in [0.05, 0.1) is 35.1 Å². The van der Waals surface area contributed by atoms with E-state index in [-0.39, 0.29) is 12.1 Å². The number of likely N-dealkylation sites (N-methyl/N-ethyl adjacent to an activating group) is 2. The van der Waals surface area contributed by atoms with Crippen LogP contribution in [-0.4, -0.2) is 54.1 Å². The van der Waals surface area contributed by atoms with Crippen molar-refractivity contribution in [1.29, 1.82) is 0 Å². The van der Waals surface area contributed by atoms with Gasteiger partial charge in [-0.3, -0.25) is 4.68 Å². The Morgan fingerprint density at radius 3 is 2.94 bits per heavy atom. The van der Waals surface area contributed by atoms with E-state index in [1.54, 1.807) is 0 Å². The fourth-order valence-corrected chi connectivity index (χ4v) is 3.00. The molecule has 1 aliphatic heterocycles. The molecule has 0 aromatic carbocycles. The first-order chi connectivity index (χ1) is 8.63. The topological polar surface area (TPSA) is 42.3 Å². The summed E-state index contributed by atoms with van der Waals surface area (Å²) in [6.45, 7) is 5.76. The van der Waals surface area contributed by atoms with Crippen molar-refractivity contribution in [2.75, 3.05) is 33.3 Å². The predicted octanol–water partition coefficient (Wildman–Crippen LogP) is 1.16. The number of nitrogens with one attached hydrogen (secondary N) is 1. The maximum atomic E-state index is 5.93. The summed E-state index contributed by atoms with van der Waals surface area (Å²) in [6, 6.07) is 0.166. The van der Waals surface area contributed by atoms with Crippen LogP contribution in [0, 0.1) is 0 Å². The zero-order valence-electron chi connectivity index (χ0n) is 11.2. The lowest BCUT2D eigenvalue weighted by Crippen LogP contribution is -2.47. The Bertz CT molecular complexity index is 376. The number of rotatable bonds is 4. The molecule has 1 aliphatic rings. The first-order valence-electron chi connectivity index (χ1n) is 6.34. The van der Waals surface area contributed by atoms with Crippen molar-refractivity contribution in [3.8, 4) is 0 Å². The molecule has 1 fully saturated rings. The molecule has 6 heteroatoms. The average molecular weight is 317 g/mol. The van der Waals surface area contributed by atoms with E-state index in [9.17, 15) is 0 Å². The van der Waals surface area contributed by atoms with E-state index in [0.717, 1.165) is 36.4 Å². The van der Waals surface area contributed by atoms with Gasteiger partial charge in [-0.25, -0.2) is 0 Å². The minimum absolute atomic E-state index is 0.162. The largest absolute Gasteiger partial charge is 0.374 e. The summed E-state index contributed by atoms with van der Waals surface area (Å²) >= 11 is 3.58. The fraction of sp³-hybridized carbons (Fsp3) is 0.750. The summed E-state index contributed by atoms with van der Waals surface area (Å²) < 4.78 is 8.88. The Labute approximate surface area is 117 Å². The highest BCUT2D eigenvalue weighted by atomic mass is 79.9. The second kappa shape index (κ2) is 6.14. The van der Waals surface area contributed by atoms with Crippen molar-refractivity contribution in [2.45, 2.75) is 19.1 Å². The van der Waals surface area contributed by atoms with Gasteiger partial charge in [0.25, 0.3) is 0 Å². The molecule has 5 nitrogen and oxygen atoms in total. The molecule has 0 spiro atoms. The highest BCUT2D eigenvalue weighted by molar-refractivity contribution is 9.10. The molecule has 2 atom stereocenters. The van der Waals surface area contributed by atoms with Crippen molar-refractivity contribution in [2.24, 2.45) is 7.05 Å². The molecule has 1 aromatic rings. The maximum Gasteiger partial charge on any atom is 0.0912 e. The second-order valence-corrected chi connectivity index (χ2v) is 5.56. The summed E-state index contributed by atoms with van der Waals surface area (Å²) in [4.78, 5) is 2.31. The van der Waals surface area contributed by atoms with Gasteiger partial charge >= 0.3 is 0 Å². The first kappa shape index (κ1) is 14.0. The second-order valence-electron chi connectivity index (χ2n) is 4.71. The number of hydrogen-bond acceptors (Lipinski definition) is 4. The van der Waals surface area contributed by atoms with Crippen LogP contribution in [0.25, 0.3) is 0 Å². The fourth-order valence-electron chi connectivity index (χ4n) is 2.41. The molecule has 2 heterocycles. The molecule has 1 N–H and O–H groups in total. The number of aromatic nitrogens is 2. The van der Waals surface area contributed by atoms with Crippen LogP contribution in [0.1, 0.15) is 18.7 Å². The number of morpholine rings is 1. The molecule has 2 unspecified atom stereocenters. The van der Waals surface area contributed by atoms with Gasteiger partial charge in [-0.15, -0.1) is 0 Å². The molecule has 0 aliphatic carbocycles. The number of ether oxygens (including phenoxy) is 1. The van der Waals surface area contributed by atoms with Crippen LogP contribution < -0.4 is 5.32 Å². The molecular formula is C12H21BrN4O. The van der Waals surface area contributed by atoms with E-state index in [1.807, 2.05) is 17.9 Å². The zero-order chi connectivity index (χ0) is 13.1. The smallest absolute Gasteiger partial charge is 0.0912 e. The number of hydrogen-bond donors (Lipinski definition) is 1. The third kappa shape index (κ3) is 2.93. The van der Waals surface area contributed by atoms with Crippen molar-refractivity contribution >= 4 is 15.9 Å². The lowest BCUT2D eigenvalue weighted by Gasteiger charge is -2.35. The highest BCUT2D eigenvalue weighted by Crippen LogP contribution is 2.27. The quantitative estimate of drug-likeness (QED) is 0.905. The van der Waals surface area contributed by atoms with Crippen molar-refractivity contribution in [1.82, 2.24) is 20.0 Å². The normalized spacial score (nSPS) is 23.2. The van der Waals surface area contributed by atoms with E-state index in [0.29, 0.717) is 0 Å². The minimum atomic E-state index is 0.162. The Morgan fingerprint density at radius 2 is 2.39 bits per heavy atom. The SMILES string of the molecule is CCNC(c1c(Br)cnn1C)C1CN(C)CCO1. The summed E-state index contributed by atoms with van der Waals surface area (Å²) in [6.07, 6.45) is 2.00. The van der Waals surface area contributed by atoms with Crippen molar-refractivity contribution in [3.63, 3.8) is 0 Å². The molecule has 0 bridgehead atoms. The summed E-state index contributed by atoms with van der Waals surface area (Å²) in [5, 5.41) is 7.81. The number of nitrogens with zero attached hydrogens (tertiary/aromatic N) is 3. The molecule has 102 valence electrons. The summed E-state index contributed by atoms with van der Waals surface area (Å²) in [5.74, 6) is 0. The van der Waals surface area contributed by atoms with Crippen LogP contribution in [0.2, 0.25) is 0 Å². The summed E-state index contributed by atoms with van der Waals surface area (Å²) in [7, 11) is 4.10. The molecule has 1 aromatic heterocycles. The number of halogens is 1. The van der Waals surface area contributed by atoms with Gasteiger partial charge in [-0.05, 0) is 29.5 Å². The van der Waals surface area contributed by atoms with E-state index in [4.69, 9.17) is 4.74 Å². The van der Waals surface area contributed by atoms with E-state index >= 15 is 0 Å². The van der Waals surface area contributed by atoms with Gasteiger partial charge in [0.15, 0.2) is 0 Å². The van der Waals surface area contributed by atoms with Gasteiger partial charge in [0.1, 0.15) is 0 Å². The van der Waals surface area contributed by atoms with Crippen LogP contribution in [0.15, 0.2) is 10.7 Å². The third-order valence-corrected chi connectivity index (χ3v) is 3.94. The molecule has 0 radical (unpaired) electrons. The third-order valence-electron chi connectivity index (χ3n) is 3.32. The van der Waals surface area contributed by atoms with E-state index < -0.39 is 0 Å².